The maximum atomic E-state index is 12.1. The summed E-state index contributed by atoms with van der Waals surface area (Å²) >= 11 is 6.95. The first-order chi connectivity index (χ1) is 11.9. The molecule has 0 radical (unpaired) electrons. The highest BCUT2D eigenvalue weighted by atomic mass is 127. The van der Waals surface area contributed by atoms with Crippen LogP contribution >= 0.6 is 34.8 Å². The monoisotopic (exact) mass is 470 g/mol. The van der Waals surface area contributed by atoms with Gasteiger partial charge in [0.2, 0.25) is 0 Å². The number of hydrogen-bond acceptors (Lipinski definition) is 5. The van der Waals surface area contributed by atoms with E-state index in [1.807, 2.05) is 22.6 Å². The molecule has 0 bridgehead atoms. The van der Waals surface area contributed by atoms with E-state index in [2.05, 4.69) is 16.2 Å². The number of rotatable bonds is 3. The number of carbonyl (C=O) groups excluding carboxylic acids is 2. The van der Waals surface area contributed by atoms with Gasteiger partial charge in [-0.05, 0) is 53.0 Å². The Kier molecular flexibility index (Phi) is 6.36. The number of hydrazine groups is 1. The maximum Gasteiger partial charge on any atom is 0.282 e. The fourth-order valence-electron chi connectivity index (χ4n) is 1.85. The van der Waals surface area contributed by atoms with E-state index in [0.29, 0.717) is 5.56 Å². The third kappa shape index (κ3) is 4.93. The lowest BCUT2D eigenvalue weighted by molar-refractivity contribution is -0.385. The van der Waals surface area contributed by atoms with Crippen LogP contribution in [-0.2, 0) is 0 Å². The number of nitrogens with one attached hydrogen (secondary N) is 3. The summed E-state index contributed by atoms with van der Waals surface area (Å²) in [6, 6.07) is 12.4. The molecular weight excluding hydrogens is 459 g/mol. The van der Waals surface area contributed by atoms with Crippen molar-refractivity contribution in [1.82, 2.24) is 16.2 Å². The largest absolute Gasteiger partial charge is 0.298 e. The number of hydrogen-bond donors (Lipinski definition) is 3. The van der Waals surface area contributed by atoms with Gasteiger partial charge in [0.15, 0.2) is 5.11 Å². The topological polar surface area (TPSA) is 113 Å². The van der Waals surface area contributed by atoms with E-state index in [4.69, 9.17) is 12.2 Å². The number of carbonyl (C=O) groups is 2. The third-order valence-corrected chi connectivity index (χ3v) is 4.13. The fourth-order valence-corrected chi connectivity index (χ4v) is 2.63. The molecular formula is C15H11IN4O4S. The molecule has 0 saturated carbocycles. The van der Waals surface area contributed by atoms with Crippen LogP contribution in [0.25, 0.3) is 0 Å². The number of benzene rings is 2. The van der Waals surface area contributed by atoms with E-state index in [0.717, 1.165) is 3.57 Å². The minimum Gasteiger partial charge on any atom is -0.298 e. The third-order valence-electron chi connectivity index (χ3n) is 2.98. The molecule has 10 heteroatoms. The Labute approximate surface area is 161 Å². The molecule has 0 aliphatic rings. The molecule has 0 aromatic heterocycles. The molecule has 0 aliphatic heterocycles. The summed E-state index contributed by atoms with van der Waals surface area (Å²) in [7, 11) is 0. The second kappa shape index (κ2) is 8.48. The number of amides is 2. The van der Waals surface area contributed by atoms with Crippen molar-refractivity contribution < 1.29 is 14.5 Å². The molecule has 2 rings (SSSR count). The first-order valence-electron chi connectivity index (χ1n) is 6.79. The lowest BCUT2D eigenvalue weighted by atomic mass is 10.2. The second-order valence-corrected chi connectivity index (χ2v) is 6.19. The van der Waals surface area contributed by atoms with Crippen LogP contribution in [0.3, 0.4) is 0 Å². The molecule has 0 aliphatic carbocycles. The van der Waals surface area contributed by atoms with Gasteiger partial charge in [0.1, 0.15) is 5.56 Å². The van der Waals surface area contributed by atoms with Crippen LogP contribution in [0.5, 0.6) is 0 Å². The number of halogens is 1. The van der Waals surface area contributed by atoms with E-state index in [1.165, 1.54) is 24.3 Å². The van der Waals surface area contributed by atoms with Gasteiger partial charge in [-0.2, -0.15) is 0 Å². The molecule has 128 valence electrons. The van der Waals surface area contributed by atoms with Gasteiger partial charge in [-0.25, -0.2) is 0 Å². The zero-order valence-corrected chi connectivity index (χ0v) is 15.5. The smallest absolute Gasteiger partial charge is 0.282 e. The van der Waals surface area contributed by atoms with Crippen LogP contribution in [0, 0.1) is 13.7 Å². The number of nitrogens with zero attached hydrogens (tertiary/aromatic N) is 1. The van der Waals surface area contributed by atoms with Crippen molar-refractivity contribution in [3.63, 3.8) is 0 Å². The lowest BCUT2D eigenvalue weighted by Gasteiger charge is -2.11. The van der Waals surface area contributed by atoms with Crippen LogP contribution in [0.15, 0.2) is 48.5 Å². The Balaban J connectivity index is 1.96. The van der Waals surface area contributed by atoms with Crippen molar-refractivity contribution in [3.05, 3.63) is 73.3 Å². The molecule has 2 aromatic rings. The van der Waals surface area contributed by atoms with Crippen molar-refractivity contribution in [3.8, 4) is 0 Å². The van der Waals surface area contributed by atoms with Gasteiger partial charge >= 0.3 is 0 Å². The van der Waals surface area contributed by atoms with E-state index < -0.39 is 16.7 Å². The summed E-state index contributed by atoms with van der Waals surface area (Å²) in [4.78, 5) is 34.4. The molecule has 0 fully saturated rings. The Morgan fingerprint density at radius 2 is 1.56 bits per heavy atom. The number of para-hydroxylation sites is 1. The minimum atomic E-state index is -0.752. The van der Waals surface area contributed by atoms with Crippen molar-refractivity contribution in [2.24, 2.45) is 0 Å². The highest BCUT2D eigenvalue weighted by Crippen LogP contribution is 2.17. The summed E-state index contributed by atoms with van der Waals surface area (Å²) in [6.07, 6.45) is 0. The van der Waals surface area contributed by atoms with E-state index in [1.54, 1.807) is 24.3 Å². The summed E-state index contributed by atoms with van der Waals surface area (Å²) in [5.74, 6) is -1.19. The SMILES string of the molecule is O=C(NC(=S)NNC(=O)c1ccccc1[N+](=O)[O-])c1ccccc1I. The quantitative estimate of drug-likeness (QED) is 0.274. The summed E-state index contributed by atoms with van der Waals surface area (Å²) < 4.78 is 0.740. The van der Waals surface area contributed by atoms with Crippen molar-refractivity contribution in [1.29, 1.82) is 0 Å². The number of nitro benzene ring substituents is 1. The normalized spacial score (nSPS) is 9.80. The van der Waals surface area contributed by atoms with Gasteiger partial charge in [0.05, 0.1) is 10.5 Å². The standard InChI is InChI=1S/C15H11IN4O4S/c16-11-7-3-1-5-9(11)13(21)17-15(25)19-18-14(22)10-6-2-4-8-12(10)20(23)24/h1-8H,(H,18,22)(H2,17,19,21,25). The predicted octanol–water partition coefficient (Wildman–Crippen LogP) is 2.15. The van der Waals surface area contributed by atoms with Gasteiger partial charge < -0.3 is 0 Å². The van der Waals surface area contributed by atoms with Gasteiger partial charge in [0, 0.05) is 9.64 Å². The Hall–Kier alpha value is -2.60. The van der Waals surface area contributed by atoms with Crippen molar-refractivity contribution in [2.45, 2.75) is 0 Å². The van der Waals surface area contributed by atoms with Crippen LogP contribution in [0.2, 0.25) is 0 Å². The van der Waals surface area contributed by atoms with Crippen LogP contribution in [-0.4, -0.2) is 21.9 Å². The van der Waals surface area contributed by atoms with Crippen LogP contribution < -0.4 is 16.2 Å². The average Bonchev–Trinajstić information content (AvgIpc) is 2.59. The average molecular weight is 470 g/mol. The number of thiocarbonyl (C=S) groups is 1. The zero-order valence-electron chi connectivity index (χ0n) is 12.5. The van der Waals surface area contributed by atoms with Gasteiger partial charge in [-0.1, -0.05) is 24.3 Å². The lowest BCUT2D eigenvalue weighted by Crippen LogP contribution is -2.48. The Morgan fingerprint density at radius 1 is 0.960 bits per heavy atom. The Morgan fingerprint density at radius 3 is 2.20 bits per heavy atom. The first kappa shape index (κ1) is 18.7. The molecule has 0 atom stereocenters. The highest BCUT2D eigenvalue weighted by molar-refractivity contribution is 14.1. The first-order valence-corrected chi connectivity index (χ1v) is 8.28. The molecule has 2 amide bonds. The zero-order chi connectivity index (χ0) is 18.4. The van der Waals surface area contributed by atoms with Crippen molar-refractivity contribution in [2.75, 3.05) is 0 Å². The second-order valence-electron chi connectivity index (χ2n) is 4.62. The number of nitro groups is 1. The molecule has 3 N–H and O–H groups in total. The molecule has 8 nitrogen and oxygen atoms in total. The van der Waals surface area contributed by atoms with Gasteiger partial charge in [0.25, 0.3) is 17.5 Å². The summed E-state index contributed by atoms with van der Waals surface area (Å²) in [5.41, 5.74) is 4.51. The predicted molar refractivity (Wildman–Crippen MR) is 103 cm³/mol. The fraction of sp³-hybridized carbons (Fsp3) is 0. The minimum absolute atomic E-state index is 0.133. The summed E-state index contributed by atoms with van der Waals surface area (Å²) in [5, 5.41) is 13.2. The maximum absolute atomic E-state index is 12.1. The van der Waals surface area contributed by atoms with E-state index >= 15 is 0 Å². The highest BCUT2D eigenvalue weighted by Gasteiger charge is 2.19. The van der Waals surface area contributed by atoms with Crippen molar-refractivity contribution >= 4 is 57.4 Å². The van der Waals surface area contributed by atoms with Crippen LogP contribution in [0.1, 0.15) is 20.7 Å². The van der Waals surface area contributed by atoms with Gasteiger partial charge in [-0.3, -0.25) is 35.9 Å². The molecule has 25 heavy (non-hydrogen) atoms. The van der Waals surface area contributed by atoms with Gasteiger partial charge in [-0.15, -0.1) is 0 Å². The Bertz CT molecular complexity index is 859. The van der Waals surface area contributed by atoms with Crippen LogP contribution in [0.4, 0.5) is 5.69 Å². The van der Waals surface area contributed by atoms with E-state index in [-0.39, 0.29) is 16.4 Å². The molecule has 0 saturated heterocycles. The van der Waals surface area contributed by atoms with E-state index in [9.17, 15) is 19.7 Å². The molecule has 0 unspecified atom stereocenters. The molecule has 0 heterocycles. The summed E-state index contributed by atoms with van der Waals surface area (Å²) in [6.45, 7) is 0. The molecule has 2 aromatic carbocycles. The molecule has 0 spiro atoms.